The molecule has 2 heterocycles. The molecule has 1 saturated heterocycles. The maximum Gasteiger partial charge on any atom is 0.225 e. The number of carbonyl (C=O) groups is 1. The highest BCUT2D eigenvalue weighted by Crippen LogP contribution is 2.23. The van der Waals surface area contributed by atoms with Crippen molar-refractivity contribution >= 4 is 5.91 Å². The predicted molar refractivity (Wildman–Crippen MR) is 78.9 cm³/mol. The van der Waals surface area contributed by atoms with Gasteiger partial charge in [-0.05, 0) is 31.2 Å². The number of hydrogen-bond donors (Lipinski definition) is 2. The number of hydrogen-bond acceptors (Lipinski definition) is 4. The van der Waals surface area contributed by atoms with E-state index in [0.717, 1.165) is 31.6 Å². The summed E-state index contributed by atoms with van der Waals surface area (Å²) in [4.78, 5) is 14.1. The minimum Gasteiger partial charge on any atom is -0.375 e. The van der Waals surface area contributed by atoms with Crippen LogP contribution in [0.3, 0.4) is 0 Å². The lowest BCUT2D eigenvalue weighted by atomic mass is 9.96. The molecule has 21 heavy (non-hydrogen) atoms. The normalized spacial score (nSPS) is 21.9. The Balaban J connectivity index is 1.56. The van der Waals surface area contributed by atoms with E-state index in [9.17, 15) is 4.79 Å². The van der Waals surface area contributed by atoms with E-state index in [-0.39, 0.29) is 12.0 Å². The van der Waals surface area contributed by atoms with Crippen LogP contribution in [0.5, 0.6) is 0 Å². The summed E-state index contributed by atoms with van der Waals surface area (Å²) in [6.07, 6.45) is 5.06. The second-order valence-electron chi connectivity index (χ2n) is 5.99. The van der Waals surface area contributed by atoms with Crippen molar-refractivity contribution in [1.29, 1.82) is 0 Å². The summed E-state index contributed by atoms with van der Waals surface area (Å²) >= 11 is 0. The van der Waals surface area contributed by atoms with Gasteiger partial charge in [0.05, 0.1) is 31.4 Å². The fraction of sp³-hybridized carbons (Fsp3) is 0.733. The maximum atomic E-state index is 12.3. The zero-order chi connectivity index (χ0) is 14.7. The summed E-state index contributed by atoms with van der Waals surface area (Å²) in [6, 6.07) is 0. The lowest BCUT2D eigenvalue weighted by Crippen LogP contribution is -2.41. The Kier molecular flexibility index (Phi) is 4.55. The number of rotatable bonds is 4. The monoisotopic (exact) mass is 292 g/mol. The van der Waals surface area contributed by atoms with Crippen molar-refractivity contribution in [3.63, 3.8) is 0 Å². The third kappa shape index (κ3) is 3.44. The molecule has 1 aliphatic carbocycles. The summed E-state index contributed by atoms with van der Waals surface area (Å²) in [5.41, 5.74) is 3.62. The van der Waals surface area contributed by atoms with Gasteiger partial charge in [-0.1, -0.05) is 0 Å². The van der Waals surface area contributed by atoms with Crippen LogP contribution in [0.2, 0.25) is 0 Å². The van der Waals surface area contributed by atoms with Crippen molar-refractivity contribution in [3.8, 4) is 0 Å². The average Bonchev–Trinajstić information content (AvgIpc) is 2.91. The number of aromatic nitrogens is 2. The van der Waals surface area contributed by atoms with Gasteiger partial charge in [0.2, 0.25) is 5.91 Å². The van der Waals surface area contributed by atoms with Gasteiger partial charge in [-0.3, -0.25) is 9.89 Å². The molecule has 116 valence electrons. The van der Waals surface area contributed by atoms with Gasteiger partial charge in [-0.15, -0.1) is 0 Å². The Labute approximate surface area is 125 Å². The highest BCUT2D eigenvalue weighted by Gasteiger charge is 2.22. The zero-order valence-electron chi connectivity index (χ0n) is 12.7. The topological polar surface area (TPSA) is 70.2 Å². The molecule has 0 spiro atoms. The van der Waals surface area contributed by atoms with Gasteiger partial charge in [0, 0.05) is 25.8 Å². The Bertz CT molecular complexity index is 494. The van der Waals surface area contributed by atoms with Crippen LogP contribution in [-0.4, -0.2) is 53.9 Å². The first-order valence-electron chi connectivity index (χ1n) is 7.85. The van der Waals surface area contributed by atoms with E-state index in [1.807, 2.05) is 7.05 Å². The second kappa shape index (κ2) is 6.58. The highest BCUT2D eigenvalue weighted by atomic mass is 16.5. The Hall–Kier alpha value is -1.40. The molecule has 1 aromatic heterocycles. The third-order valence-corrected chi connectivity index (χ3v) is 4.36. The molecule has 6 nitrogen and oxygen atoms in total. The van der Waals surface area contributed by atoms with Crippen LogP contribution in [0.4, 0.5) is 0 Å². The molecule has 1 atom stereocenters. The lowest BCUT2D eigenvalue weighted by Gasteiger charge is -2.25. The molecule has 0 aromatic carbocycles. The largest absolute Gasteiger partial charge is 0.375 e. The molecule has 0 saturated carbocycles. The van der Waals surface area contributed by atoms with Crippen molar-refractivity contribution in [2.24, 2.45) is 0 Å². The quantitative estimate of drug-likeness (QED) is 0.854. The molecule has 1 aromatic rings. The van der Waals surface area contributed by atoms with E-state index in [1.165, 1.54) is 24.1 Å². The van der Waals surface area contributed by atoms with Gasteiger partial charge in [0.15, 0.2) is 0 Å². The smallest absolute Gasteiger partial charge is 0.225 e. The second-order valence-corrected chi connectivity index (χ2v) is 5.99. The molecular weight excluding hydrogens is 268 g/mol. The van der Waals surface area contributed by atoms with E-state index in [1.54, 1.807) is 4.90 Å². The number of nitrogens with one attached hydrogen (secondary N) is 2. The first-order chi connectivity index (χ1) is 10.2. The minimum absolute atomic E-state index is 0.00167. The molecule has 6 heteroatoms. The molecule has 0 radical (unpaired) electrons. The molecular formula is C15H24N4O2. The Morgan fingerprint density at radius 1 is 1.43 bits per heavy atom. The summed E-state index contributed by atoms with van der Waals surface area (Å²) in [5, 5.41) is 10.8. The minimum atomic E-state index is 0.00167. The van der Waals surface area contributed by atoms with Crippen molar-refractivity contribution in [1.82, 2.24) is 20.4 Å². The number of morpholine rings is 1. The first kappa shape index (κ1) is 14.5. The van der Waals surface area contributed by atoms with E-state index >= 15 is 0 Å². The number of aryl methyl sites for hydroxylation is 1. The van der Waals surface area contributed by atoms with E-state index < -0.39 is 0 Å². The molecule has 1 amide bonds. The molecule has 2 aliphatic rings. The Morgan fingerprint density at radius 3 is 3.10 bits per heavy atom. The number of H-pyrrole nitrogens is 1. The maximum absolute atomic E-state index is 12.3. The van der Waals surface area contributed by atoms with Crippen molar-refractivity contribution < 1.29 is 9.53 Å². The number of amides is 1. The molecule has 2 N–H and O–H groups in total. The number of aromatic amines is 1. The fourth-order valence-electron chi connectivity index (χ4n) is 3.09. The fourth-order valence-corrected chi connectivity index (χ4v) is 3.09. The van der Waals surface area contributed by atoms with Gasteiger partial charge in [-0.2, -0.15) is 5.10 Å². The summed E-state index contributed by atoms with van der Waals surface area (Å²) in [5.74, 6) is 0.122. The van der Waals surface area contributed by atoms with Gasteiger partial charge in [0.1, 0.15) is 0 Å². The zero-order valence-corrected chi connectivity index (χ0v) is 12.7. The molecule has 3 rings (SSSR count). The lowest BCUT2D eigenvalue weighted by molar-refractivity contribution is -0.134. The molecule has 1 fully saturated rings. The summed E-state index contributed by atoms with van der Waals surface area (Å²) < 4.78 is 5.59. The predicted octanol–water partition coefficient (Wildman–Crippen LogP) is 0.625. The van der Waals surface area contributed by atoms with Crippen LogP contribution >= 0.6 is 0 Å². The summed E-state index contributed by atoms with van der Waals surface area (Å²) in [7, 11) is 1.85. The third-order valence-electron chi connectivity index (χ3n) is 4.36. The average molecular weight is 292 g/mol. The van der Waals surface area contributed by atoms with Crippen LogP contribution in [0.15, 0.2) is 0 Å². The first-order valence-corrected chi connectivity index (χ1v) is 7.85. The number of ether oxygens (including phenoxy) is 1. The van der Waals surface area contributed by atoms with Crippen LogP contribution < -0.4 is 5.32 Å². The number of fused-ring (bicyclic) bond motifs is 1. The Morgan fingerprint density at radius 2 is 2.29 bits per heavy atom. The molecule has 1 aliphatic heterocycles. The number of carbonyl (C=O) groups excluding carboxylic acids is 1. The standard InChI is InChI=1S/C15H24N4O2/c1-19(15(20)8-11-9-16-6-7-21-11)10-14-12-4-2-3-5-13(12)17-18-14/h11,16H,2-10H2,1H3,(H,17,18)/t11-/m0/s1. The van der Waals surface area contributed by atoms with E-state index in [0.29, 0.717) is 19.6 Å². The van der Waals surface area contributed by atoms with Gasteiger partial charge in [-0.25, -0.2) is 0 Å². The van der Waals surface area contributed by atoms with Crippen LogP contribution in [-0.2, 0) is 28.9 Å². The highest BCUT2D eigenvalue weighted by molar-refractivity contribution is 5.76. The summed E-state index contributed by atoms with van der Waals surface area (Å²) in [6.45, 7) is 2.91. The van der Waals surface area contributed by atoms with E-state index in [4.69, 9.17) is 4.74 Å². The van der Waals surface area contributed by atoms with Gasteiger partial charge >= 0.3 is 0 Å². The van der Waals surface area contributed by atoms with Crippen LogP contribution in [0.1, 0.15) is 36.2 Å². The van der Waals surface area contributed by atoms with Crippen molar-refractivity contribution in [2.45, 2.75) is 44.8 Å². The number of nitrogens with zero attached hydrogens (tertiary/aromatic N) is 2. The van der Waals surface area contributed by atoms with Crippen LogP contribution in [0, 0.1) is 0 Å². The SMILES string of the molecule is CN(Cc1n[nH]c2c1CCCC2)C(=O)C[C@H]1CNCCO1. The van der Waals surface area contributed by atoms with Crippen LogP contribution in [0.25, 0.3) is 0 Å². The van der Waals surface area contributed by atoms with Crippen molar-refractivity contribution in [2.75, 3.05) is 26.7 Å². The van der Waals surface area contributed by atoms with Crippen molar-refractivity contribution in [3.05, 3.63) is 17.0 Å². The van der Waals surface area contributed by atoms with Gasteiger partial charge in [0.25, 0.3) is 0 Å². The van der Waals surface area contributed by atoms with Gasteiger partial charge < -0.3 is 15.0 Å². The molecule has 0 unspecified atom stereocenters. The molecule has 0 bridgehead atoms. The van der Waals surface area contributed by atoms with E-state index in [2.05, 4.69) is 15.5 Å².